The highest BCUT2D eigenvalue weighted by Crippen LogP contribution is 2.36. The van der Waals surface area contributed by atoms with E-state index >= 15 is 0 Å². The molecule has 2 aromatic rings. The molecule has 0 bridgehead atoms. The molecule has 5 heteroatoms. The average Bonchev–Trinajstić information content (AvgIpc) is 3.17. The quantitative estimate of drug-likeness (QED) is 0.622. The van der Waals surface area contributed by atoms with Gasteiger partial charge in [0.05, 0.1) is 13.4 Å². The topological polar surface area (TPSA) is 62.9 Å². The highest BCUT2D eigenvalue weighted by Gasteiger charge is 2.23. The van der Waals surface area contributed by atoms with Gasteiger partial charge in [-0.15, -0.1) is 0 Å². The number of ether oxygens (including phenoxy) is 1. The van der Waals surface area contributed by atoms with Crippen molar-refractivity contribution >= 4 is 11.9 Å². The summed E-state index contributed by atoms with van der Waals surface area (Å²) in [5.41, 5.74) is 1.92. The summed E-state index contributed by atoms with van der Waals surface area (Å²) >= 11 is 0. The Kier molecular flexibility index (Phi) is 5.78. The zero-order valence-corrected chi connectivity index (χ0v) is 15.3. The number of carbonyl (C=O) groups excluding carboxylic acids is 1. The normalized spacial score (nSPS) is 15.5. The average molecular weight is 355 g/mol. The monoisotopic (exact) mass is 355 g/mol. The second kappa shape index (κ2) is 8.23. The van der Waals surface area contributed by atoms with Crippen molar-refractivity contribution in [2.45, 2.75) is 32.7 Å². The molecule has 0 aliphatic carbocycles. The lowest BCUT2D eigenvalue weighted by Gasteiger charge is -2.28. The first-order chi connectivity index (χ1) is 12.6. The smallest absolute Gasteiger partial charge is 0.193 e. The first-order valence-corrected chi connectivity index (χ1v) is 8.98. The summed E-state index contributed by atoms with van der Waals surface area (Å²) in [4.78, 5) is 15.0. The number of hydrogen-bond donors (Lipinski definition) is 1. The summed E-state index contributed by atoms with van der Waals surface area (Å²) in [5, 5.41) is 10.9. The highest BCUT2D eigenvalue weighted by molar-refractivity contribution is 6.10. The Morgan fingerprint density at radius 1 is 1.35 bits per heavy atom. The molecule has 1 N–H and O–H groups in total. The van der Waals surface area contributed by atoms with Gasteiger partial charge in [-0.2, -0.15) is 0 Å². The standard InChI is InChI=1S/C21H25NO4/c1-15-13-19(25-2)20(18(23)9-8-16-7-6-12-26-16)21(24)17(15)14-22-10-4-3-5-11-22/h6-9,12-13,24H,3-5,10-11,14H2,1-2H3/b9-8+. The van der Waals surface area contributed by atoms with Crippen LogP contribution in [-0.2, 0) is 6.54 Å². The number of benzene rings is 1. The summed E-state index contributed by atoms with van der Waals surface area (Å²) in [6, 6.07) is 5.34. The van der Waals surface area contributed by atoms with E-state index in [0.717, 1.165) is 24.2 Å². The Labute approximate surface area is 153 Å². The molecule has 26 heavy (non-hydrogen) atoms. The van der Waals surface area contributed by atoms with Gasteiger partial charge in [0.25, 0.3) is 0 Å². The molecule has 138 valence electrons. The summed E-state index contributed by atoms with van der Waals surface area (Å²) in [6.07, 6.45) is 8.14. The molecule has 5 nitrogen and oxygen atoms in total. The zero-order chi connectivity index (χ0) is 18.5. The maximum atomic E-state index is 12.7. The number of ketones is 1. The second-order valence-corrected chi connectivity index (χ2v) is 6.65. The number of methoxy groups -OCH3 is 1. The molecular formula is C21H25NO4. The number of rotatable bonds is 6. The fourth-order valence-corrected chi connectivity index (χ4v) is 3.38. The second-order valence-electron chi connectivity index (χ2n) is 6.65. The number of phenolic OH excluding ortho intramolecular Hbond substituents is 1. The van der Waals surface area contributed by atoms with E-state index < -0.39 is 0 Å². The minimum Gasteiger partial charge on any atom is -0.507 e. The van der Waals surface area contributed by atoms with Crippen LogP contribution in [0.15, 0.2) is 35.0 Å². The molecule has 0 saturated carbocycles. The predicted molar refractivity (Wildman–Crippen MR) is 101 cm³/mol. The minimum absolute atomic E-state index is 0.0153. The van der Waals surface area contributed by atoms with E-state index in [9.17, 15) is 9.90 Å². The van der Waals surface area contributed by atoms with E-state index in [4.69, 9.17) is 9.15 Å². The fraction of sp³-hybridized carbons (Fsp3) is 0.381. The minimum atomic E-state index is -0.310. The number of nitrogens with zero attached hydrogens (tertiary/aromatic N) is 1. The van der Waals surface area contributed by atoms with Gasteiger partial charge in [0.1, 0.15) is 22.8 Å². The molecule has 1 aromatic heterocycles. The van der Waals surface area contributed by atoms with Crippen LogP contribution in [-0.4, -0.2) is 36.0 Å². The number of piperidine rings is 1. The SMILES string of the molecule is COc1cc(C)c(CN2CCCCC2)c(O)c1C(=O)/C=C/c1ccco1. The third-order valence-corrected chi connectivity index (χ3v) is 4.83. The number of carbonyl (C=O) groups is 1. The zero-order valence-electron chi connectivity index (χ0n) is 15.3. The molecule has 1 fully saturated rings. The molecule has 1 saturated heterocycles. The van der Waals surface area contributed by atoms with Crippen LogP contribution in [0.5, 0.6) is 11.5 Å². The predicted octanol–water partition coefficient (Wildman–Crippen LogP) is 4.18. The van der Waals surface area contributed by atoms with E-state index in [-0.39, 0.29) is 17.1 Å². The summed E-state index contributed by atoms with van der Waals surface area (Å²) in [6.45, 7) is 4.62. The maximum Gasteiger partial charge on any atom is 0.193 e. The van der Waals surface area contributed by atoms with Gasteiger partial charge in [0.2, 0.25) is 0 Å². The van der Waals surface area contributed by atoms with Crippen LogP contribution in [0.4, 0.5) is 0 Å². The third kappa shape index (κ3) is 3.99. The number of hydrogen-bond acceptors (Lipinski definition) is 5. The van der Waals surface area contributed by atoms with E-state index in [1.807, 2.05) is 13.0 Å². The summed E-state index contributed by atoms with van der Waals surface area (Å²) in [5.74, 6) is 0.672. The number of allylic oxidation sites excluding steroid dienone is 1. The van der Waals surface area contributed by atoms with E-state index in [0.29, 0.717) is 18.1 Å². The lowest BCUT2D eigenvalue weighted by atomic mass is 9.97. The Bertz CT molecular complexity index is 787. The van der Waals surface area contributed by atoms with Crippen molar-refractivity contribution in [1.82, 2.24) is 4.90 Å². The molecule has 0 unspecified atom stereocenters. The van der Waals surface area contributed by atoms with Gasteiger partial charge >= 0.3 is 0 Å². The van der Waals surface area contributed by atoms with Crippen LogP contribution >= 0.6 is 0 Å². The third-order valence-electron chi connectivity index (χ3n) is 4.83. The number of aromatic hydroxyl groups is 1. The molecule has 1 aliphatic heterocycles. The van der Waals surface area contributed by atoms with Crippen molar-refractivity contribution in [2.75, 3.05) is 20.2 Å². The van der Waals surface area contributed by atoms with Gasteiger partial charge in [-0.3, -0.25) is 9.69 Å². The van der Waals surface area contributed by atoms with Gasteiger partial charge in [-0.05, 0) is 68.8 Å². The Morgan fingerprint density at radius 3 is 2.77 bits per heavy atom. The molecule has 1 aliphatic rings. The molecule has 0 radical (unpaired) electrons. The maximum absolute atomic E-state index is 12.7. The summed E-state index contributed by atoms with van der Waals surface area (Å²) < 4.78 is 10.6. The molecule has 2 heterocycles. The number of phenols is 1. The Morgan fingerprint density at radius 2 is 2.12 bits per heavy atom. The number of likely N-dealkylation sites (tertiary alicyclic amines) is 1. The van der Waals surface area contributed by atoms with Crippen LogP contribution in [0.2, 0.25) is 0 Å². The van der Waals surface area contributed by atoms with Crippen LogP contribution in [0, 0.1) is 6.92 Å². The Hall–Kier alpha value is -2.53. The number of aryl methyl sites for hydroxylation is 1. The lowest BCUT2D eigenvalue weighted by Crippen LogP contribution is -2.29. The van der Waals surface area contributed by atoms with Crippen LogP contribution in [0.3, 0.4) is 0 Å². The Balaban J connectivity index is 1.92. The van der Waals surface area contributed by atoms with Gasteiger partial charge in [-0.1, -0.05) is 6.42 Å². The van der Waals surface area contributed by atoms with Crippen LogP contribution < -0.4 is 4.74 Å². The molecule has 0 spiro atoms. The van der Waals surface area contributed by atoms with Crippen molar-refractivity contribution in [1.29, 1.82) is 0 Å². The number of furan rings is 1. The van der Waals surface area contributed by atoms with Crippen molar-refractivity contribution in [3.05, 3.63) is 53.0 Å². The van der Waals surface area contributed by atoms with Crippen molar-refractivity contribution in [2.24, 2.45) is 0 Å². The lowest BCUT2D eigenvalue weighted by molar-refractivity contribution is 0.104. The first-order valence-electron chi connectivity index (χ1n) is 8.98. The molecule has 1 aromatic carbocycles. The van der Waals surface area contributed by atoms with Crippen molar-refractivity contribution in [3.8, 4) is 11.5 Å². The first kappa shape index (κ1) is 18.3. The van der Waals surface area contributed by atoms with Gasteiger partial charge in [0, 0.05) is 12.1 Å². The summed E-state index contributed by atoms with van der Waals surface area (Å²) in [7, 11) is 1.51. The van der Waals surface area contributed by atoms with E-state index in [2.05, 4.69) is 4.90 Å². The van der Waals surface area contributed by atoms with Crippen LogP contribution in [0.1, 0.15) is 46.5 Å². The largest absolute Gasteiger partial charge is 0.507 e. The van der Waals surface area contributed by atoms with E-state index in [1.165, 1.54) is 32.4 Å². The molecule has 0 atom stereocenters. The molecule has 3 rings (SSSR count). The van der Waals surface area contributed by atoms with Gasteiger partial charge < -0.3 is 14.3 Å². The molecular weight excluding hydrogens is 330 g/mol. The van der Waals surface area contributed by atoms with Crippen molar-refractivity contribution < 1.29 is 19.1 Å². The van der Waals surface area contributed by atoms with Crippen LogP contribution in [0.25, 0.3) is 6.08 Å². The fourth-order valence-electron chi connectivity index (χ4n) is 3.38. The van der Waals surface area contributed by atoms with Gasteiger partial charge in [0.15, 0.2) is 5.78 Å². The van der Waals surface area contributed by atoms with E-state index in [1.54, 1.807) is 24.5 Å². The highest BCUT2D eigenvalue weighted by atomic mass is 16.5. The van der Waals surface area contributed by atoms with Gasteiger partial charge in [-0.25, -0.2) is 0 Å². The van der Waals surface area contributed by atoms with Crippen molar-refractivity contribution in [3.63, 3.8) is 0 Å². The molecule has 0 amide bonds.